The summed E-state index contributed by atoms with van der Waals surface area (Å²) in [6.07, 6.45) is 3.05. The highest BCUT2D eigenvalue weighted by Gasteiger charge is 2.29. The lowest BCUT2D eigenvalue weighted by Crippen LogP contribution is -2.30. The number of carboxylic acid groups (broad SMARTS) is 2. The van der Waals surface area contributed by atoms with E-state index in [1.807, 2.05) is 0 Å². The van der Waals surface area contributed by atoms with Gasteiger partial charge in [-0.25, -0.2) is 9.59 Å². The standard InChI is InChI=1S/C18H18BrN3O5/c19-9-4-5-11(22-6-2-1-3-7-22)10(8-9)12-13(17(24)25)15(20)21-16(23)14(12)18(26)27/h4-5,8H,1-3,6-7H2,(H,24,25)(H,26,27)(H3,20,21,23). The molecule has 1 aromatic carbocycles. The van der Waals surface area contributed by atoms with Gasteiger partial charge >= 0.3 is 11.9 Å². The van der Waals surface area contributed by atoms with Crippen LogP contribution in [0.3, 0.4) is 0 Å². The van der Waals surface area contributed by atoms with Crippen molar-refractivity contribution in [1.29, 1.82) is 0 Å². The number of rotatable bonds is 4. The van der Waals surface area contributed by atoms with Gasteiger partial charge in [0.25, 0.3) is 5.56 Å². The topological polar surface area (TPSA) is 137 Å². The molecule has 9 heteroatoms. The minimum Gasteiger partial charge on any atom is -0.478 e. The molecule has 5 N–H and O–H groups in total. The summed E-state index contributed by atoms with van der Waals surface area (Å²) in [4.78, 5) is 40.1. The summed E-state index contributed by atoms with van der Waals surface area (Å²) in [6, 6.07) is 5.21. The minimum atomic E-state index is -1.52. The van der Waals surface area contributed by atoms with E-state index < -0.39 is 28.6 Å². The number of hydrogen-bond donors (Lipinski definition) is 4. The second kappa shape index (κ2) is 7.43. The molecular formula is C18H18BrN3O5. The van der Waals surface area contributed by atoms with Crippen LogP contribution in [0.15, 0.2) is 27.5 Å². The van der Waals surface area contributed by atoms with Crippen molar-refractivity contribution in [3.05, 3.63) is 44.2 Å². The number of nitrogens with two attached hydrogens (primary N) is 1. The minimum absolute atomic E-state index is 0.182. The van der Waals surface area contributed by atoms with Crippen LogP contribution >= 0.6 is 15.9 Å². The van der Waals surface area contributed by atoms with Crippen LogP contribution in [0.5, 0.6) is 0 Å². The molecule has 0 amide bonds. The van der Waals surface area contributed by atoms with Gasteiger partial charge in [-0.1, -0.05) is 15.9 Å². The van der Waals surface area contributed by atoms with E-state index in [2.05, 4.69) is 25.8 Å². The van der Waals surface area contributed by atoms with E-state index in [1.54, 1.807) is 18.2 Å². The van der Waals surface area contributed by atoms with Gasteiger partial charge < -0.3 is 25.8 Å². The highest BCUT2D eigenvalue weighted by molar-refractivity contribution is 9.10. The summed E-state index contributed by atoms with van der Waals surface area (Å²) in [5.41, 5.74) is 4.57. The molecule has 0 aliphatic carbocycles. The molecule has 1 fully saturated rings. The number of H-pyrrole nitrogens is 1. The zero-order valence-corrected chi connectivity index (χ0v) is 15.9. The summed E-state index contributed by atoms with van der Waals surface area (Å²) in [5.74, 6) is -3.30. The molecule has 0 bridgehead atoms. The Balaban J connectivity index is 2.40. The third kappa shape index (κ3) is 3.55. The van der Waals surface area contributed by atoms with Crippen LogP contribution in [-0.2, 0) is 0 Å². The van der Waals surface area contributed by atoms with Gasteiger partial charge in [-0.15, -0.1) is 0 Å². The molecule has 0 radical (unpaired) electrons. The number of nitrogens with one attached hydrogen (secondary N) is 1. The van der Waals surface area contributed by atoms with Crippen molar-refractivity contribution in [2.24, 2.45) is 0 Å². The number of pyridine rings is 1. The lowest BCUT2D eigenvalue weighted by Gasteiger charge is -2.31. The molecule has 0 atom stereocenters. The number of carboxylic acids is 2. The summed E-state index contributed by atoms with van der Waals surface area (Å²) >= 11 is 3.35. The van der Waals surface area contributed by atoms with Crippen molar-refractivity contribution < 1.29 is 19.8 Å². The summed E-state index contributed by atoms with van der Waals surface area (Å²) < 4.78 is 0.629. The molecule has 0 spiro atoms. The highest BCUT2D eigenvalue weighted by Crippen LogP contribution is 2.39. The maximum atomic E-state index is 12.3. The maximum absolute atomic E-state index is 12.3. The first-order chi connectivity index (χ1) is 12.8. The summed E-state index contributed by atoms with van der Waals surface area (Å²) in [5, 5.41) is 19.3. The van der Waals surface area contributed by atoms with Crippen molar-refractivity contribution in [1.82, 2.24) is 4.98 Å². The monoisotopic (exact) mass is 435 g/mol. The number of hydrogen-bond acceptors (Lipinski definition) is 5. The van der Waals surface area contributed by atoms with Crippen molar-refractivity contribution in [3.8, 4) is 11.1 Å². The Kier molecular flexibility index (Phi) is 5.22. The first-order valence-corrected chi connectivity index (χ1v) is 9.17. The third-order valence-electron chi connectivity index (χ3n) is 4.60. The first kappa shape index (κ1) is 19.0. The molecule has 2 aromatic rings. The van der Waals surface area contributed by atoms with Crippen LogP contribution in [0, 0.1) is 0 Å². The van der Waals surface area contributed by atoms with Gasteiger partial charge in [0.15, 0.2) is 0 Å². The number of nitrogens with zero attached hydrogens (tertiary/aromatic N) is 1. The molecule has 0 unspecified atom stereocenters. The van der Waals surface area contributed by atoms with Crippen LogP contribution in [0.25, 0.3) is 11.1 Å². The lowest BCUT2D eigenvalue weighted by molar-refractivity contribution is 0.0695. The number of aromatic carboxylic acids is 2. The largest absolute Gasteiger partial charge is 0.478 e. The molecular weight excluding hydrogens is 418 g/mol. The predicted molar refractivity (Wildman–Crippen MR) is 105 cm³/mol. The molecule has 0 saturated carbocycles. The van der Waals surface area contributed by atoms with E-state index in [4.69, 9.17) is 5.73 Å². The number of aromatic amines is 1. The SMILES string of the molecule is Nc1[nH]c(=O)c(C(=O)O)c(-c2cc(Br)ccc2N2CCCCC2)c1C(=O)O. The van der Waals surface area contributed by atoms with Gasteiger partial charge in [-0.05, 0) is 37.5 Å². The number of carbonyl (C=O) groups is 2. The predicted octanol–water partition coefficient (Wildman–Crippen LogP) is 2.77. The molecule has 1 saturated heterocycles. The zero-order chi connectivity index (χ0) is 19.7. The van der Waals surface area contributed by atoms with E-state index in [9.17, 15) is 24.6 Å². The number of anilines is 2. The van der Waals surface area contributed by atoms with Gasteiger partial charge in [0.2, 0.25) is 0 Å². The van der Waals surface area contributed by atoms with Gasteiger partial charge in [0.1, 0.15) is 16.9 Å². The molecule has 1 aliphatic heterocycles. The zero-order valence-electron chi connectivity index (χ0n) is 14.3. The lowest BCUT2D eigenvalue weighted by atomic mass is 9.93. The average molecular weight is 436 g/mol. The van der Waals surface area contributed by atoms with Crippen LogP contribution in [0.2, 0.25) is 0 Å². The van der Waals surface area contributed by atoms with E-state index >= 15 is 0 Å². The fourth-order valence-electron chi connectivity index (χ4n) is 3.44. The molecule has 142 valence electrons. The number of nitrogen functional groups attached to an aromatic ring is 1. The molecule has 3 rings (SSSR count). The van der Waals surface area contributed by atoms with Crippen LogP contribution in [0.4, 0.5) is 11.5 Å². The van der Waals surface area contributed by atoms with Gasteiger partial charge in [0.05, 0.1) is 0 Å². The second-order valence-electron chi connectivity index (χ2n) is 6.31. The normalized spacial score (nSPS) is 14.2. The van der Waals surface area contributed by atoms with Crippen LogP contribution < -0.4 is 16.2 Å². The van der Waals surface area contributed by atoms with Crippen molar-refractivity contribution in [2.75, 3.05) is 23.7 Å². The second-order valence-corrected chi connectivity index (χ2v) is 7.23. The van der Waals surface area contributed by atoms with Gasteiger partial charge in [-0.2, -0.15) is 0 Å². The Hall–Kier alpha value is -2.81. The molecule has 1 aliphatic rings. The molecule has 8 nitrogen and oxygen atoms in total. The smallest absolute Gasteiger partial charge is 0.342 e. The Bertz CT molecular complexity index is 980. The fourth-order valence-corrected chi connectivity index (χ4v) is 3.80. The van der Waals surface area contributed by atoms with Crippen LogP contribution in [0.1, 0.15) is 40.0 Å². The van der Waals surface area contributed by atoms with Gasteiger partial charge in [-0.3, -0.25) is 4.79 Å². The van der Waals surface area contributed by atoms with Crippen molar-refractivity contribution in [3.63, 3.8) is 0 Å². The molecule has 2 heterocycles. The van der Waals surface area contributed by atoms with E-state index in [-0.39, 0.29) is 11.4 Å². The third-order valence-corrected chi connectivity index (χ3v) is 5.09. The van der Waals surface area contributed by atoms with E-state index in [1.165, 1.54) is 0 Å². The highest BCUT2D eigenvalue weighted by atomic mass is 79.9. The number of aromatic nitrogens is 1. The number of halogens is 1. The summed E-state index contributed by atoms with van der Waals surface area (Å²) in [7, 11) is 0. The first-order valence-electron chi connectivity index (χ1n) is 8.38. The Morgan fingerprint density at radius 1 is 1.07 bits per heavy atom. The van der Waals surface area contributed by atoms with Crippen molar-refractivity contribution in [2.45, 2.75) is 19.3 Å². The average Bonchev–Trinajstić information content (AvgIpc) is 2.60. The number of benzene rings is 1. The molecule has 1 aromatic heterocycles. The summed E-state index contributed by atoms with van der Waals surface area (Å²) in [6.45, 7) is 1.52. The molecule has 27 heavy (non-hydrogen) atoms. The van der Waals surface area contributed by atoms with Crippen molar-refractivity contribution >= 4 is 39.4 Å². The van der Waals surface area contributed by atoms with E-state index in [0.29, 0.717) is 15.7 Å². The number of piperidine rings is 1. The Labute approximate surface area is 162 Å². The maximum Gasteiger partial charge on any atom is 0.342 e. The Morgan fingerprint density at radius 2 is 1.70 bits per heavy atom. The van der Waals surface area contributed by atoms with Gasteiger partial charge in [0, 0.05) is 34.4 Å². The van der Waals surface area contributed by atoms with E-state index in [0.717, 1.165) is 32.4 Å². The van der Waals surface area contributed by atoms with Crippen LogP contribution in [-0.4, -0.2) is 40.2 Å². The Morgan fingerprint density at radius 3 is 2.30 bits per heavy atom. The fraction of sp³-hybridized carbons (Fsp3) is 0.278. The quantitative estimate of drug-likeness (QED) is 0.579.